The topological polar surface area (TPSA) is 82.4 Å². The van der Waals surface area contributed by atoms with Gasteiger partial charge in [-0.2, -0.15) is 5.26 Å². The Kier molecular flexibility index (Phi) is 4.43. The maximum Gasteiger partial charge on any atom is 0.321 e. The summed E-state index contributed by atoms with van der Waals surface area (Å²) in [5.74, 6) is -0.510. The van der Waals surface area contributed by atoms with Crippen molar-refractivity contribution in [2.75, 3.05) is 25.5 Å². The summed E-state index contributed by atoms with van der Waals surface area (Å²) >= 11 is 0. The smallest absolute Gasteiger partial charge is 0.321 e. The van der Waals surface area contributed by atoms with E-state index in [4.69, 9.17) is 10.00 Å². The molecule has 6 nitrogen and oxygen atoms in total. The number of urea groups is 1. The molecule has 1 saturated heterocycles. The van der Waals surface area contributed by atoms with Crippen LogP contribution >= 0.6 is 0 Å². The Hall–Kier alpha value is -2.55. The number of methoxy groups -OCH3 is 1. The molecule has 2 unspecified atom stereocenters. The molecule has 1 heterocycles. The van der Waals surface area contributed by atoms with Crippen LogP contribution < -0.4 is 5.32 Å². The molecule has 2 amide bonds. The van der Waals surface area contributed by atoms with Gasteiger partial charge in [0, 0.05) is 18.8 Å². The van der Waals surface area contributed by atoms with Crippen molar-refractivity contribution in [3.8, 4) is 6.07 Å². The normalized spacial score (nSPS) is 20.7. The number of esters is 1. The molecule has 0 radical (unpaired) electrons. The van der Waals surface area contributed by atoms with Crippen molar-refractivity contribution in [1.82, 2.24) is 4.90 Å². The van der Waals surface area contributed by atoms with Gasteiger partial charge < -0.3 is 15.0 Å². The summed E-state index contributed by atoms with van der Waals surface area (Å²) in [5.41, 5.74) is 1.04. The van der Waals surface area contributed by atoms with Crippen molar-refractivity contribution in [3.05, 3.63) is 29.8 Å². The number of likely N-dealkylation sites (tertiary alicyclic amines) is 1. The first kappa shape index (κ1) is 14.9. The summed E-state index contributed by atoms with van der Waals surface area (Å²) in [6.07, 6.45) is 0. The zero-order valence-corrected chi connectivity index (χ0v) is 12.0. The van der Waals surface area contributed by atoms with Gasteiger partial charge in [0.15, 0.2) is 0 Å². The molecule has 0 aromatic heterocycles. The molecule has 0 aliphatic carbocycles. The lowest BCUT2D eigenvalue weighted by molar-refractivity contribution is -0.145. The van der Waals surface area contributed by atoms with Gasteiger partial charge in [0.1, 0.15) is 0 Å². The first-order valence-electron chi connectivity index (χ1n) is 6.69. The molecule has 2 atom stereocenters. The standard InChI is InChI=1S/C15H17N3O3/c1-10-8-18(9-13(10)14(19)21-2)15(20)17-12-5-3-4-11(6-12)7-16/h3-6,10,13H,8-9H2,1-2H3,(H,17,20). The van der Waals surface area contributed by atoms with E-state index in [9.17, 15) is 9.59 Å². The lowest BCUT2D eigenvalue weighted by atomic mass is 9.99. The molecule has 0 bridgehead atoms. The van der Waals surface area contributed by atoms with E-state index < -0.39 is 0 Å². The predicted octanol–water partition coefficient (Wildman–Crippen LogP) is 1.83. The maximum absolute atomic E-state index is 12.2. The van der Waals surface area contributed by atoms with Crippen molar-refractivity contribution >= 4 is 17.7 Å². The Morgan fingerprint density at radius 3 is 2.86 bits per heavy atom. The van der Waals surface area contributed by atoms with E-state index in [2.05, 4.69) is 5.32 Å². The summed E-state index contributed by atoms with van der Waals surface area (Å²) in [5, 5.41) is 11.6. The Labute approximate surface area is 123 Å². The van der Waals surface area contributed by atoms with Crippen molar-refractivity contribution in [1.29, 1.82) is 5.26 Å². The predicted molar refractivity (Wildman–Crippen MR) is 76.4 cm³/mol. The monoisotopic (exact) mass is 287 g/mol. The van der Waals surface area contributed by atoms with Crippen LogP contribution in [0, 0.1) is 23.2 Å². The van der Waals surface area contributed by atoms with E-state index >= 15 is 0 Å². The Morgan fingerprint density at radius 2 is 2.19 bits per heavy atom. The van der Waals surface area contributed by atoms with E-state index in [1.54, 1.807) is 29.2 Å². The van der Waals surface area contributed by atoms with Gasteiger partial charge in [-0.25, -0.2) is 4.79 Å². The number of nitrogens with zero attached hydrogens (tertiary/aromatic N) is 2. The van der Waals surface area contributed by atoms with Gasteiger partial charge in [0.2, 0.25) is 0 Å². The van der Waals surface area contributed by atoms with Crippen LogP contribution in [0.15, 0.2) is 24.3 Å². The van der Waals surface area contributed by atoms with Crippen molar-refractivity contribution in [2.24, 2.45) is 11.8 Å². The Balaban J connectivity index is 2.01. The van der Waals surface area contributed by atoms with E-state index in [0.717, 1.165) is 0 Å². The number of carbonyl (C=O) groups excluding carboxylic acids is 2. The number of hydrogen-bond donors (Lipinski definition) is 1. The highest BCUT2D eigenvalue weighted by Crippen LogP contribution is 2.24. The number of anilines is 1. The Bertz CT molecular complexity index is 594. The minimum atomic E-state index is -0.288. The number of amides is 2. The van der Waals surface area contributed by atoms with Gasteiger partial charge in [-0.1, -0.05) is 13.0 Å². The van der Waals surface area contributed by atoms with E-state index in [0.29, 0.717) is 24.3 Å². The number of hydrogen-bond acceptors (Lipinski definition) is 4. The van der Waals surface area contributed by atoms with Gasteiger partial charge in [-0.3, -0.25) is 4.79 Å². The van der Waals surface area contributed by atoms with Crippen LogP contribution in [0.25, 0.3) is 0 Å². The number of benzene rings is 1. The number of nitrogens with one attached hydrogen (secondary N) is 1. The minimum Gasteiger partial charge on any atom is -0.469 e. The highest BCUT2D eigenvalue weighted by molar-refractivity contribution is 5.90. The lowest BCUT2D eigenvalue weighted by Crippen LogP contribution is -2.34. The molecule has 1 aromatic carbocycles. The fourth-order valence-corrected chi connectivity index (χ4v) is 2.46. The summed E-state index contributed by atoms with van der Waals surface area (Å²) in [6, 6.07) is 8.44. The number of nitriles is 1. The fourth-order valence-electron chi connectivity index (χ4n) is 2.46. The third-order valence-corrected chi connectivity index (χ3v) is 3.65. The third-order valence-electron chi connectivity index (χ3n) is 3.65. The maximum atomic E-state index is 12.2. The summed E-state index contributed by atoms with van der Waals surface area (Å²) < 4.78 is 4.75. The number of rotatable bonds is 2. The summed E-state index contributed by atoms with van der Waals surface area (Å²) in [4.78, 5) is 25.4. The fraction of sp³-hybridized carbons (Fsp3) is 0.400. The third kappa shape index (κ3) is 3.31. The molecular formula is C15H17N3O3. The second-order valence-corrected chi connectivity index (χ2v) is 5.13. The lowest BCUT2D eigenvalue weighted by Gasteiger charge is -2.17. The van der Waals surface area contributed by atoms with Crippen molar-refractivity contribution in [3.63, 3.8) is 0 Å². The van der Waals surface area contributed by atoms with Gasteiger partial charge >= 0.3 is 12.0 Å². The van der Waals surface area contributed by atoms with Crippen LogP contribution in [-0.4, -0.2) is 37.1 Å². The second-order valence-electron chi connectivity index (χ2n) is 5.13. The van der Waals surface area contributed by atoms with E-state index in [1.165, 1.54) is 7.11 Å². The van der Waals surface area contributed by atoms with Gasteiger partial charge in [-0.05, 0) is 24.1 Å². The first-order chi connectivity index (χ1) is 10.0. The van der Waals surface area contributed by atoms with Crippen LogP contribution in [0.4, 0.5) is 10.5 Å². The highest BCUT2D eigenvalue weighted by Gasteiger charge is 2.37. The largest absolute Gasteiger partial charge is 0.469 e. The zero-order chi connectivity index (χ0) is 15.4. The average Bonchev–Trinajstić information content (AvgIpc) is 2.88. The molecule has 1 fully saturated rings. The highest BCUT2D eigenvalue weighted by atomic mass is 16.5. The molecule has 1 aliphatic heterocycles. The van der Waals surface area contributed by atoms with Crippen LogP contribution in [0.1, 0.15) is 12.5 Å². The molecule has 21 heavy (non-hydrogen) atoms. The van der Waals surface area contributed by atoms with E-state index in [-0.39, 0.29) is 23.8 Å². The van der Waals surface area contributed by atoms with E-state index in [1.807, 2.05) is 13.0 Å². The average molecular weight is 287 g/mol. The van der Waals surface area contributed by atoms with Crippen LogP contribution in [0.2, 0.25) is 0 Å². The van der Waals surface area contributed by atoms with Crippen molar-refractivity contribution in [2.45, 2.75) is 6.92 Å². The summed E-state index contributed by atoms with van der Waals surface area (Å²) in [7, 11) is 1.35. The summed E-state index contributed by atoms with van der Waals surface area (Å²) in [6.45, 7) is 2.77. The SMILES string of the molecule is COC(=O)C1CN(C(=O)Nc2cccc(C#N)c2)CC1C. The van der Waals surface area contributed by atoms with Crippen LogP contribution in [0.5, 0.6) is 0 Å². The quantitative estimate of drug-likeness (QED) is 0.841. The van der Waals surface area contributed by atoms with Crippen molar-refractivity contribution < 1.29 is 14.3 Å². The molecule has 6 heteroatoms. The minimum absolute atomic E-state index is 0.0636. The Morgan fingerprint density at radius 1 is 1.43 bits per heavy atom. The molecule has 2 rings (SSSR count). The first-order valence-corrected chi connectivity index (χ1v) is 6.69. The number of ether oxygens (including phenoxy) is 1. The molecule has 0 saturated carbocycles. The molecule has 0 spiro atoms. The van der Waals surface area contributed by atoms with Gasteiger partial charge in [0.25, 0.3) is 0 Å². The van der Waals surface area contributed by atoms with Crippen LogP contribution in [0.3, 0.4) is 0 Å². The molecule has 1 aromatic rings. The molecule has 1 aliphatic rings. The van der Waals surface area contributed by atoms with Gasteiger partial charge in [-0.15, -0.1) is 0 Å². The molecule has 110 valence electrons. The molecule has 1 N–H and O–H groups in total. The molecular weight excluding hydrogens is 270 g/mol. The van der Waals surface area contributed by atoms with Gasteiger partial charge in [0.05, 0.1) is 24.7 Å². The van der Waals surface area contributed by atoms with Crippen LogP contribution in [-0.2, 0) is 9.53 Å². The number of carbonyl (C=O) groups is 2. The zero-order valence-electron chi connectivity index (χ0n) is 12.0. The second kappa shape index (κ2) is 6.27.